The molecule has 0 radical (unpaired) electrons. The molecular weight excluding hydrogens is 413 g/mol. The molecule has 160 valence electrons. The molecule has 2 heterocycles. The summed E-state index contributed by atoms with van der Waals surface area (Å²) in [5.74, 6) is 1.47. The van der Waals surface area contributed by atoms with Crippen LogP contribution in [-0.4, -0.2) is 48.7 Å². The number of aryl methyl sites for hydroxylation is 1. The second-order valence-corrected chi connectivity index (χ2v) is 7.19. The summed E-state index contributed by atoms with van der Waals surface area (Å²) >= 11 is 0. The smallest absolute Gasteiger partial charge is 0.244 e. The number of fused-ring (bicyclic) bond motifs is 1. The number of para-hydroxylation sites is 2. The van der Waals surface area contributed by atoms with Gasteiger partial charge in [-0.3, -0.25) is 4.79 Å². The van der Waals surface area contributed by atoms with E-state index in [-0.39, 0.29) is 49.2 Å². The van der Waals surface area contributed by atoms with Crippen LogP contribution in [0.3, 0.4) is 0 Å². The van der Waals surface area contributed by atoms with E-state index in [0.717, 1.165) is 11.0 Å². The first-order valence-electron chi connectivity index (χ1n) is 9.17. The minimum absolute atomic E-state index is 0. The summed E-state index contributed by atoms with van der Waals surface area (Å²) in [6.07, 6.45) is 1.81. The summed E-state index contributed by atoms with van der Waals surface area (Å²) in [6, 6.07) is 7.72. The minimum Gasteiger partial charge on any atom is -0.342 e. The van der Waals surface area contributed by atoms with E-state index in [1.165, 1.54) is 0 Å². The number of halogens is 2. The van der Waals surface area contributed by atoms with Gasteiger partial charge in [-0.05, 0) is 25.0 Å². The van der Waals surface area contributed by atoms with E-state index in [4.69, 9.17) is 5.73 Å². The van der Waals surface area contributed by atoms with E-state index < -0.39 is 0 Å². The van der Waals surface area contributed by atoms with Crippen LogP contribution in [0.2, 0.25) is 0 Å². The molecule has 0 saturated heterocycles. The molecule has 8 nitrogen and oxygen atoms in total. The van der Waals surface area contributed by atoms with E-state index >= 15 is 0 Å². The largest absolute Gasteiger partial charge is 0.342 e. The Morgan fingerprint density at radius 1 is 1.24 bits per heavy atom. The number of likely N-dealkylation sites (N-methyl/N-ethyl adjacent to an activating group) is 1. The highest BCUT2D eigenvalue weighted by atomic mass is 35.5. The monoisotopic (exact) mass is 441 g/mol. The maximum atomic E-state index is 12.7. The molecule has 0 unspecified atom stereocenters. The van der Waals surface area contributed by atoms with Crippen molar-refractivity contribution < 1.29 is 4.79 Å². The molecule has 0 bridgehead atoms. The fourth-order valence-corrected chi connectivity index (χ4v) is 2.95. The molecule has 1 amide bonds. The lowest BCUT2D eigenvalue weighted by atomic mass is 10.1. The molecule has 2 aromatic heterocycles. The summed E-state index contributed by atoms with van der Waals surface area (Å²) in [5.41, 5.74) is 8.24. The van der Waals surface area contributed by atoms with Gasteiger partial charge in [0, 0.05) is 20.1 Å². The van der Waals surface area contributed by atoms with Gasteiger partial charge < -0.3 is 15.2 Å². The number of amides is 1. The Morgan fingerprint density at radius 3 is 2.62 bits per heavy atom. The lowest BCUT2D eigenvalue weighted by Crippen LogP contribution is -2.34. The van der Waals surface area contributed by atoms with Crippen molar-refractivity contribution >= 4 is 41.8 Å². The van der Waals surface area contributed by atoms with E-state index in [9.17, 15) is 4.79 Å². The van der Waals surface area contributed by atoms with Crippen molar-refractivity contribution in [1.82, 2.24) is 29.2 Å². The number of carbonyl (C=O) groups excluding carboxylic acids is 1. The zero-order valence-corrected chi connectivity index (χ0v) is 18.8. The Balaban J connectivity index is 0.00000210. The van der Waals surface area contributed by atoms with Gasteiger partial charge >= 0.3 is 0 Å². The Morgan fingerprint density at radius 2 is 1.93 bits per heavy atom. The molecule has 0 aliphatic heterocycles. The lowest BCUT2D eigenvalue weighted by Gasteiger charge is -2.20. The topological polar surface area (TPSA) is 94.9 Å². The van der Waals surface area contributed by atoms with Crippen molar-refractivity contribution in [3.63, 3.8) is 0 Å². The van der Waals surface area contributed by atoms with Gasteiger partial charge in [-0.25, -0.2) is 14.6 Å². The zero-order valence-electron chi connectivity index (χ0n) is 17.1. The fourth-order valence-electron chi connectivity index (χ4n) is 2.95. The number of carbonyl (C=O) groups is 1. The van der Waals surface area contributed by atoms with Crippen LogP contribution in [0.4, 0.5) is 0 Å². The molecule has 1 aromatic carbocycles. The van der Waals surface area contributed by atoms with Crippen molar-refractivity contribution in [2.75, 3.05) is 13.6 Å². The van der Waals surface area contributed by atoms with E-state index in [2.05, 4.69) is 19.6 Å². The SMILES string of the molecule is Cc1nc([C@@H](N)C(C)C)n(CC(=O)N(C)CCn2cnc3ccccc32)n1.Cl.Cl. The highest BCUT2D eigenvalue weighted by Gasteiger charge is 2.21. The Kier molecular flexibility index (Phi) is 9.07. The Hall–Kier alpha value is -2.16. The molecule has 3 rings (SSSR count). The molecule has 0 fully saturated rings. The number of aromatic nitrogens is 5. The molecular formula is C19H29Cl2N7O. The van der Waals surface area contributed by atoms with Gasteiger partial charge in [-0.15, -0.1) is 24.8 Å². The molecule has 1 atom stereocenters. The van der Waals surface area contributed by atoms with Crippen molar-refractivity contribution in [3.8, 4) is 0 Å². The predicted molar refractivity (Wildman–Crippen MR) is 118 cm³/mol. The van der Waals surface area contributed by atoms with Gasteiger partial charge in [-0.1, -0.05) is 26.0 Å². The number of rotatable bonds is 7. The molecule has 0 saturated carbocycles. The standard InChI is InChI=1S/C19H27N7O.2ClH/c1-13(2)18(20)19-22-14(3)23-26(19)11-17(27)24(4)9-10-25-12-21-15-7-5-6-8-16(15)25;;/h5-8,12-13,18H,9-11,20H2,1-4H3;2*1H/t18-;;/m0../s1. The molecule has 3 aromatic rings. The predicted octanol–water partition coefficient (Wildman–Crippen LogP) is 2.59. The molecule has 0 spiro atoms. The van der Waals surface area contributed by atoms with Crippen LogP contribution in [0.15, 0.2) is 30.6 Å². The highest BCUT2D eigenvalue weighted by Crippen LogP contribution is 2.17. The summed E-state index contributed by atoms with van der Waals surface area (Å²) in [5, 5.41) is 4.35. The Labute approximate surface area is 183 Å². The van der Waals surface area contributed by atoms with Crippen LogP contribution >= 0.6 is 24.8 Å². The molecule has 29 heavy (non-hydrogen) atoms. The summed E-state index contributed by atoms with van der Waals surface area (Å²) < 4.78 is 3.68. The van der Waals surface area contributed by atoms with Crippen LogP contribution in [0.1, 0.15) is 31.5 Å². The van der Waals surface area contributed by atoms with E-state index in [1.807, 2.05) is 51.4 Å². The van der Waals surface area contributed by atoms with Gasteiger partial charge in [-0.2, -0.15) is 5.10 Å². The molecule has 10 heteroatoms. The van der Waals surface area contributed by atoms with Gasteiger partial charge in [0.2, 0.25) is 5.91 Å². The number of hydrogen-bond acceptors (Lipinski definition) is 5. The van der Waals surface area contributed by atoms with Gasteiger partial charge in [0.15, 0.2) is 0 Å². The first kappa shape index (κ1) is 24.9. The average Bonchev–Trinajstić information content (AvgIpc) is 3.22. The first-order chi connectivity index (χ1) is 12.9. The first-order valence-corrected chi connectivity index (χ1v) is 9.17. The van der Waals surface area contributed by atoms with Crippen LogP contribution in [0, 0.1) is 12.8 Å². The quantitative estimate of drug-likeness (QED) is 0.607. The maximum Gasteiger partial charge on any atom is 0.244 e. The summed E-state index contributed by atoms with van der Waals surface area (Å²) in [6.45, 7) is 7.27. The van der Waals surface area contributed by atoms with Gasteiger partial charge in [0.05, 0.1) is 23.4 Å². The number of nitrogens with two attached hydrogens (primary N) is 1. The second-order valence-electron chi connectivity index (χ2n) is 7.19. The minimum atomic E-state index is -0.249. The zero-order chi connectivity index (χ0) is 19.6. The van der Waals surface area contributed by atoms with Crippen LogP contribution in [-0.2, 0) is 17.9 Å². The second kappa shape index (κ2) is 10.6. The Bertz CT molecular complexity index is 938. The molecule has 0 aliphatic carbocycles. The van der Waals surface area contributed by atoms with Gasteiger partial charge in [0.1, 0.15) is 18.2 Å². The third-order valence-electron chi connectivity index (χ3n) is 4.74. The number of nitrogens with zero attached hydrogens (tertiary/aromatic N) is 6. The molecule has 0 aliphatic rings. The number of benzene rings is 1. The normalized spacial score (nSPS) is 11.8. The van der Waals surface area contributed by atoms with Crippen LogP contribution < -0.4 is 5.73 Å². The lowest BCUT2D eigenvalue weighted by molar-refractivity contribution is -0.130. The third kappa shape index (κ3) is 5.68. The highest BCUT2D eigenvalue weighted by molar-refractivity contribution is 5.85. The number of hydrogen-bond donors (Lipinski definition) is 1. The third-order valence-corrected chi connectivity index (χ3v) is 4.74. The van der Waals surface area contributed by atoms with Crippen LogP contribution in [0.25, 0.3) is 11.0 Å². The van der Waals surface area contributed by atoms with E-state index in [1.54, 1.807) is 16.6 Å². The van der Waals surface area contributed by atoms with Gasteiger partial charge in [0.25, 0.3) is 0 Å². The number of imidazole rings is 1. The summed E-state index contributed by atoms with van der Waals surface area (Å²) in [7, 11) is 1.80. The molecule has 2 N–H and O–H groups in total. The van der Waals surface area contributed by atoms with Crippen molar-refractivity contribution in [3.05, 3.63) is 42.2 Å². The van der Waals surface area contributed by atoms with Crippen LogP contribution in [0.5, 0.6) is 0 Å². The van der Waals surface area contributed by atoms with Crippen molar-refractivity contribution in [2.45, 2.75) is 39.9 Å². The van der Waals surface area contributed by atoms with Crippen molar-refractivity contribution in [2.24, 2.45) is 11.7 Å². The van der Waals surface area contributed by atoms with E-state index in [0.29, 0.717) is 24.7 Å². The summed E-state index contributed by atoms with van der Waals surface area (Å²) in [4.78, 5) is 23.2. The average molecular weight is 442 g/mol. The maximum absolute atomic E-state index is 12.7. The fraction of sp³-hybridized carbons (Fsp3) is 0.474. The van der Waals surface area contributed by atoms with Crippen molar-refractivity contribution in [1.29, 1.82) is 0 Å².